The van der Waals surface area contributed by atoms with E-state index in [1.54, 1.807) is 6.20 Å². The second kappa shape index (κ2) is 4.06. The molecule has 0 unspecified atom stereocenters. The smallest absolute Gasteiger partial charge is 0.165 e. The number of Topliss-reactive ketones (excluding diaryl/α,β-unsaturated/α-hetero) is 1. The number of carbonyl (C=O) groups is 1. The Balaban J connectivity index is 0.000000810. The molecule has 0 saturated heterocycles. The minimum atomic E-state index is 0. The van der Waals surface area contributed by atoms with E-state index in [9.17, 15) is 4.79 Å². The number of aromatic nitrogens is 2. The molecule has 56 valence electrons. The minimum absolute atomic E-state index is 0. The number of aromatic amines is 1. The summed E-state index contributed by atoms with van der Waals surface area (Å²) in [6.07, 6.45) is 3.68. The molecule has 0 aliphatic heterocycles. The molecule has 0 amide bonds. The number of carbonyl (C=O) groups excluding carboxylic acids is 1. The molecule has 1 aromatic heterocycles. The summed E-state index contributed by atoms with van der Waals surface area (Å²) in [4.78, 5) is 10.8. The Labute approximate surface area is 65.2 Å². The average Bonchev–Trinajstić information content (AvgIpc) is 2.37. The first kappa shape index (κ1) is 9.17. The summed E-state index contributed by atoms with van der Waals surface area (Å²) in [5, 5.41) is 6.22. The van der Waals surface area contributed by atoms with Gasteiger partial charge in [-0.3, -0.25) is 9.89 Å². The van der Waals surface area contributed by atoms with Crippen LogP contribution >= 0.6 is 12.4 Å². The van der Waals surface area contributed by atoms with Crippen molar-refractivity contribution in [3.05, 3.63) is 18.0 Å². The molecule has 0 fully saturated rings. The lowest BCUT2D eigenvalue weighted by Crippen LogP contribution is -1.92. The number of hydrogen-bond acceptors (Lipinski definition) is 2. The largest absolute Gasteiger partial charge is 0.294 e. The Hall–Kier alpha value is -0.830. The van der Waals surface area contributed by atoms with Crippen LogP contribution in [0.3, 0.4) is 0 Å². The van der Waals surface area contributed by atoms with E-state index >= 15 is 0 Å². The second-order valence-electron chi connectivity index (χ2n) is 1.76. The van der Waals surface area contributed by atoms with E-state index in [2.05, 4.69) is 10.2 Å². The zero-order chi connectivity index (χ0) is 6.69. The SMILES string of the molecule is CCC(=O)c1cn[nH]c1.Cl. The van der Waals surface area contributed by atoms with Gasteiger partial charge in [0.05, 0.1) is 11.8 Å². The summed E-state index contributed by atoms with van der Waals surface area (Å²) in [5.41, 5.74) is 0.664. The third kappa shape index (κ3) is 1.84. The van der Waals surface area contributed by atoms with Crippen LogP contribution in [0.1, 0.15) is 23.7 Å². The van der Waals surface area contributed by atoms with Crippen molar-refractivity contribution in [3.63, 3.8) is 0 Å². The summed E-state index contributed by atoms with van der Waals surface area (Å²) in [6, 6.07) is 0. The zero-order valence-electron chi connectivity index (χ0n) is 5.63. The van der Waals surface area contributed by atoms with Crippen molar-refractivity contribution in [2.75, 3.05) is 0 Å². The lowest BCUT2D eigenvalue weighted by Gasteiger charge is -1.85. The van der Waals surface area contributed by atoms with Gasteiger partial charge in [-0.25, -0.2) is 0 Å². The van der Waals surface area contributed by atoms with Crippen molar-refractivity contribution in [3.8, 4) is 0 Å². The maximum atomic E-state index is 10.8. The van der Waals surface area contributed by atoms with Crippen LogP contribution in [-0.4, -0.2) is 16.0 Å². The Morgan fingerprint density at radius 2 is 2.50 bits per heavy atom. The molecular formula is C6H9ClN2O. The molecule has 1 aromatic rings. The summed E-state index contributed by atoms with van der Waals surface area (Å²) in [5.74, 6) is 0.128. The van der Waals surface area contributed by atoms with Crippen LogP contribution in [0.2, 0.25) is 0 Å². The molecule has 1 heterocycles. The van der Waals surface area contributed by atoms with Crippen LogP contribution in [-0.2, 0) is 0 Å². The summed E-state index contributed by atoms with van der Waals surface area (Å²) >= 11 is 0. The first-order valence-electron chi connectivity index (χ1n) is 2.86. The number of nitrogens with zero attached hydrogens (tertiary/aromatic N) is 1. The summed E-state index contributed by atoms with van der Waals surface area (Å²) < 4.78 is 0. The molecular weight excluding hydrogens is 152 g/mol. The number of nitrogens with one attached hydrogen (secondary N) is 1. The Kier molecular flexibility index (Phi) is 3.72. The second-order valence-corrected chi connectivity index (χ2v) is 1.76. The van der Waals surface area contributed by atoms with Crippen LogP contribution in [0.15, 0.2) is 12.4 Å². The lowest BCUT2D eigenvalue weighted by atomic mass is 10.2. The van der Waals surface area contributed by atoms with E-state index in [0.717, 1.165) is 0 Å². The van der Waals surface area contributed by atoms with Crippen molar-refractivity contribution in [1.29, 1.82) is 0 Å². The number of halogens is 1. The van der Waals surface area contributed by atoms with Gasteiger partial charge in [-0.2, -0.15) is 5.10 Å². The number of rotatable bonds is 2. The summed E-state index contributed by atoms with van der Waals surface area (Å²) in [6.45, 7) is 1.83. The standard InChI is InChI=1S/C6H8N2O.ClH/c1-2-6(9)5-3-7-8-4-5;/h3-4H,2H2,1H3,(H,7,8);1H. The third-order valence-electron chi connectivity index (χ3n) is 1.14. The fraction of sp³-hybridized carbons (Fsp3) is 0.333. The molecule has 0 atom stereocenters. The highest BCUT2D eigenvalue weighted by atomic mass is 35.5. The molecule has 0 aromatic carbocycles. The molecule has 0 aliphatic carbocycles. The molecule has 0 aliphatic rings. The van der Waals surface area contributed by atoms with Gasteiger partial charge in [0.15, 0.2) is 5.78 Å². The van der Waals surface area contributed by atoms with Gasteiger partial charge in [0.25, 0.3) is 0 Å². The lowest BCUT2D eigenvalue weighted by molar-refractivity contribution is 0.0988. The van der Waals surface area contributed by atoms with Gasteiger partial charge in [0, 0.05) is 12.6 Å². The number of H-pyrrole nitrogens is 1. The van der Waals surface area contributed by atoms with Crippen molar-refractivity contribution in [2.45, 2.75) is 13.3 Å². The quantitative estimate of drug-likeness (QED) is 0.666. The first-order chi connectivity index (χ1) is 4.34. The van der Waals surface area contributed by atoms with Gasteiger partial charge < -0.3 is 0 Å². The third-order valence-corrected chi connectivity index (χ3v) is 1.14. The van der Waals surface area contributed by atoms with Crippen molar-refractivity contribution < 1.29 is 4.79 Å². The van der Waals surface area contributed by atoms with Crippen molar-refractivity contribution in [1.82, 2.24) is 10.2 Å². The Bertz CT molecular complexity index is 196. The molecule has 0 bridgehead atoms. The summed E-state index contributed by atoms with van der Waals surface area (Å²) in [7, 11) is 0. The van der Waals surface area contributed by atoms with Crippen LogP contribution in [0.5, 0.6) is 0 Å². The maximum absolute atomic E-state index is 10.8. The zero-order valence-corrected chi connectivity index (χ0v) is 6.44. The normalized spacial score (nSPS) is 8.50. The van der Waals surface area contributed by atoms with Gasteiger partial charge in [-0.15, -0.1) is 12.4 Å². The fourth-order valence-corrected chi connectivity index (χ4v) is 0.608. The first-order valence-corrected chi connectivity index (χ1v) is 2.86. The van der Waals surface area contributed by atoms with Gasteiger partial charge in [-0.05, 0) is 0 Å². The van der Waals surface area contributed by atoms with E-state index in [0.29, 0.717) is 12.0 Å². The Morgan fingerprint density at radius 3 is 2.90 bits per heavy atom. The molecule has 1 N–H and O–H groups in total. The van der Waals surface area contributed by atoms with Crippen LogP contribution in [0, 0.1) is 0 Å². The monoisotopic (exact) mass is 160 g/mol. The van der Waals surface area contributed by atoms with Crippen molar-refractivity contribution in [2.24, 2.45) is 0 Å². The molecule has 10 heavy (non-hydrogen) atoms. The number of hydrogen-bond donors (Lipinski definition) is 1. The molecule has 0 radical (unpaired) electrons. The van der Waals surface area contributed by atoms with Gasteiger partial charge in [-0.1, -0.05) is 6.92 Å². The van der Waals surface area contributed by atoms with E-state index < -0.39 is 0 Å². The van der Waals surface area contributed by atoms with Crippen LogP contribution in [0.4, 0.5) is 0 Å². The maximum Gasteiger partial charge on any atom is 0.165 e. The Morgan fingerprint density at radius 1 is 1.80 bits per heavy atom. The number of ketones is 1. The predicted octanol–water partition coefficient (Wildman–Crippen LogP) is 1.42. The average molecular weight is 161 g/mol. The highest BCUT2D eigenvalue weighted by Gasteiger charge is 2.01. The molecule has 4 heteroatoms. The van der Waals surface area contributed by atoms with E-state index in [4.69, 9.17) is 0 Å². The van der Waals surface area contributed by atoms with Crippen molar-refractivity contribution >= 4 is 18.2 Å². The van der Waals surface area contributed by atoms with Gasteiger partial charge >= 0.3 is 0 Å². The highest BCUT2D eigenvalue weighted by Crippen LogP contribution is 1.97. The van der Waals surface area contributed by atoms with E-state index in [1.165, 1.54) is 6.20 Å². The van der Waals surface area contributed by atoms with Gasteiger partial charge in [0.2, 0.25) is 0 Å². The van der Waals surface area contributed by atoms with Gasteiger partial charge in [0.1, 0.15) is 0 Å². The molecule has 1 rings (SSSR count). The predicted molar refractivity (Wildman–Crippen MR) is 40.5 cm³/mol. The molecule has 0 saturated carbocycles. The highest BCUT2D eigenvalue weighted by molar-refractivity contribution is 5.95. The van der Waals surface area contributed by atoms with E-state index in [-0.39, 0.29) is 18.2 Å². The van der Waals surface area contributed by atoms with E-state index in [1.807, 2.05) is 6.92 Å². The topological polar surface area (TPSA) is 45.8 Å². The molecule has 3 nitrogen and oxygen atoms in total. The van der Waals surface area contributed by atoms with Crippen LogP contribution in [0.25, 0.3) is 0 Å². The minimum Gasteiger partial charge on any atom is -0.294 e. The van der Waals surface area contributed by atoms with Crippen LogP contribution < -0.4 is 0 Å². The fourth-order valence-electron chi connectivity index (χ4n) is 0.608. The molecule has 0 spiro atoms.